The maximum atomic E-state index is 12.7. The number of carbonyl (C=O) groups excluding carboxylic acids is 1. The minimum Gasteiger partial charge on any atom is -0.326 e. The Labute approximate surface area is 167 Å². The smallest absolute Gasteiger partial charge is 0.244 e. The number of nitrogens with zero attached hydrogens (tertiary/aromatic N) is 6. The van der Waals surface area contributed by atoms with Crippen LogP contribution in [0.15, 0.2) is 60.0 Å². The summed E-state index contributed by atoms with van der Waals surface area (Å²) in [5.74, 6) is -0.354. The molecule has 1 saturated heterocycles. The van der Waals surface area contributed by atoms with Gasteiger partial charge in [0.1, 0.15) is 11.2 Å². The third-order valence-corrected chi connectivity index (χ3v) is 6.73. The monoisotopic (exact) mass is 413 g/mol. The van der Waals surface area contributed by atoms with Gasteiger partial charge in [0, 0.05) is 37.1 Å². The Morgan fingerprint density at radius 1 is 1.10 bits per heavy atom. The summed E-state index contributed by atoms with van der Waals surface area (Å²) >= 11 is 0. The lowest BCUT2D eigenvalue weighted by molar-refractivity contribution is -0.120. The van der Waals surface area contributed by atoms with Gasteiger partial charge in [-0.15, -0.1) is 5.10 Å². The lowest BCUT2D eigenvalue weighted by Crippen LogP contribution is -2.41. The average Bonchev–Trinajstić information content (AvgIpc) is 3.30. The first-order chi connectivity index (χ1) is 14.0. The first-order valence-electron chi connectivity index (χ1n) is 9.08. The molecule has 0 bridgehead atoms. The maximum absolute atomic E-state index is 12.7. The molecule has 2 aromatic heterocycles. The molecule has 150 valence electrons. The first-order valence-corrected chi connectivity index (χ1v) is 10.5. The molecule has 3 heterocycles. The van der Waals surface area contributed by atoms with Crippen molar-refractivity contribution in [1.82, 2.24) is 29.5 Å². The zero-order valence-corrected chi connectivity index (χ0v) is 16.2. The Bertz CT molecular complexity index is 1060. The molecule has 1 N–H and O–H groups in total. The summed E-state index contributed by atoms with van der Waals surface area (Å²) in [5.41, 5.74) is 1.44. The summed E-state index contributed by atoms with van der Waals surface area (Å²) in [6.07, 6.45) is 5.29. The molecule has 1 fully saturated rings. The van der Waals surface area contributed by atoms with Gasteiger partial charge >= 0.3 is 0 Å². The number of rotatable bonds is 5. The second-order valence-electron chi connectivity index (χ2n) is 6.66. The van der Waals surface area contributed by atoms with Crippen LogP contribution in [0.2, 0.25) is 0 Å². The molecule has 29 heavy (non-hydrogen) atoms. The van der Waals surface area contributed by atoms with Gasteiger partial charge in [-0.1, -0.05) is 0 Å². The van der Waals surface area contributed by atoms with Crippen molar-refractivity contribution in [2.45, 2.75) is 17.7 Å². The summed E-state index contributed by atoms with van der Waals surface area (Å²) in [5, 5.41) is 13.9. The molecule has 0 unspecified atom stereocenters. The summed E-state index contributed by atoms with van der Waals surface area (Å²) in [7, 11) is -3.58. The number of amides is 1. The molecular formula is C18H19N7O3S. The van der Waals surface area contributed by atoms with E-state index in [9.17, 15) is 13.2 Å². The molecule has 1 aromatic carbocycles. The van der Waals surface area contributed by atoms with Crippen molar-refractivity contribution in [3.8, 4) is 5.69 Å². The van der Waals surface area contributed by atoms with E-state index in [2.05, 4.69) is 25.8 Å². The molecule has 11 heteroatoms. The van der Waals surface area contributed by atoms with Crippen LogP contribution in [0.5, 0.6) is 0 Å². The molecule has 1 aliphatic heterocycles. The molecule has 0 radical (unpaired) electrons. The molecule has 3 aromatic rings. The van der Waals surface area contributed by atoms with Gasteiger partial charge in [-0.3, -0.25) is 9.78 Å². The van der Waals surface area contributed by atoms with Crippen molar-refractivity contribution < 1.29 is 13.2 Å². The molecule has 4 rings (SSSR count). The van der Waals surface area contributed by atoms with E-state index in [1.807, 2.05) is 0 Å². The largest absolute Gasteiger partial charge is 0.326 e. The summed E-state index contributed by atoms with van der Waals surface area (Å²) in [6, 6.07) is 10.3. The van der Waals surface area contributed by atoms with Crippen LogP contribution in [0.4, 0.5) is 5.69 Å². The highest BCUT2D eigenvalue weighted by molar-refractivity contribution is 7.89. The molecule has 1 aliphatic rings. The zero-order chi connectivity index (χ0) is 20.3. The number of nitrogens with one attached hydrogen (secondary N) is 1. The number of aromatic nitrogens is 5. The summed E-state index contributed by atoms with van der Waals surface area (Å²) in [6.45, 7) is 0.598. The number of sulfonamides is 1. The van der Waals surface area contributed by atoms with Gasteiger partial charge in [0.05, 0.1) is 5.69 Å². The lowest BCUT2D eigenvalue weighted by Gasteiger charge is -2.30. The fourth-order valence-corrected chi connectivity index (χ4v) is 4.66. The van der Waals surface area contributed by atoms with Gasteiger partial charge in [-0.2, -0.15) is 4.31 Å². The molecule has 1 amide bonds. The number of hydrogen-bond donors (Lipinski definition) is 1. The maximum Gasteiger partial charge on any atom is 0.244 e. The highest BCUT2D eigenvalue weighted by atomic mass is 32.2. The van der Waals surface area contributed by atoms with Gasteiger partial charge in [0.15, 0.2) is 0 Å². The van der Waals surface area contributed by atoms with Gasteiger partial charge < -0.3 is 5.32 Å². The van der Waals surface area contributed by atoms with E-state index >= 15 is 0 Å². The number of piperidine rings is 1. The topological polar surface area (TPSA) is 123 Å². The van der Waals surface area contributed by atoms with Crippen LogP contribution in [0.25, 0.3) is 5.69 Å². The molecule has 0 spiro atoms. The molecule has 0 aliphatic carbocycles. The third-order valence-electron chi connectivity index (χ3n) is 4.85. The predicted octanol–water partition coefficient (Wildman–Crippen LogP) is 1.10. The highest BCUT2D eigenvalue weighted by Gasteiger charge is 2.32. The Hall–Kier alpha value is -3.18. The van der Waals surface area contributed by atoms with Crippen LogP contribution < -0.4 is 5.32 Å². The molecule has 0 atom stereocenters. The third kappa shape index (κ3) is 4.15. The van der Waals surface area contributed by atoms with E-state index in [1.54, 1.807) is 30.3 Å². The van der Waals surface area contributed by atoms with Crippen molar-refractivity contribution in [3.63, 3.8) is 0 Å². The fraction of sp³-hybridized carbons (Fsp3) is 0.278. The van der Waals surface area contributed by atoms with Crippen LogP contribution in [-0.4, -0.2) is 56.9 Å². The van der Waals surface area contributed by atoms with Crippen LogP contribution in [0, 0.1) is 5.92 Å². The van der Waals surface area contributed by atoms with Crippen molar-refractivity contribution in [2.75, 3.05) is 18.4 Å². The van der Waals surface area contributed by atoms with Gasteiger partial charge in [-0.25, -0.2) is 13.1 Å². The number of carbonyl (C=O) groups is 1. The lowest BCUT2D eigenvalue weighted by atomic mass is 9.97. The van der Waals surface area contributed by atoms with Crippen LogP contribution >= 0.6 is 0 Å². The molecule has 0 saturated carbocycles. The quantitative estimate of drug-likeness (QED) is 0.664. The molecule has 10 nitrogen and oxygen atoms in total. The Morgan fingerprint density at radius 3 is 2.48 bits per heavy atom. The van der Waals surface area contributed by atoms with E-state index in [0.29, 0.717) is 31.6 Å². The van der Waals surface area contributed by atoms with Crippen molar-refractivity contribution in [2.24, 2.45) is 5.92 Å². The number of tetrazole rings is 1. The van der Waals surface area contributed by atoms with Crippen molar-refractivity contribution >= 4 is 21.6 Å². The highest BCUT2D eigenvalue weighted by Crippen LogP contribution is 2.24. The number of anilines is 1. The summed E-state index contributed by atoms with van der Waals surface area (Å²) in [4.78, 5) is 16.6. The predicted molar refractivity (Wildman–Crippen MR) is 104 cm³/mol. The Kier molecular flexibility index (Phi) is 5.32. The van der Waals surface area contributed by atoms with E-state index < -0.39 is 10.0 Å². The Balaban J connectivity index is 1.34. The summed E-state index contributed by atoms with van der Waals surface area (Å²) < 4.78 is 28.2. The zero-order valence-electron chi connectivity index (χ0n) is 15.4. The minimum absolute atomic E-state index is 0.112. The second-order valence-corrected chi connectivity index (χ2v) is 8.60. The number of pyridine rings is 1. The second kappa shape index (κ2) is 8.05. The van der Waals surface area contributed by atoms with E-state index in [1.165, 1.54) is 33.8 Å². The Morgan fingerprint density at radius 2 is 1.86 bits per heavy atom. The van der Waals surface area contributed by atoms with Crippen LogP contribution in [0.3, 0.4) is 0 Å². The fourth-order valence-electron chi connectivity index (χ4n) is 3.23. The van der Waals surface area contributed by atoms with Crippen molar-refractivity contribution in [3.05, 3.63) is 55.1 Å². The first kappa shape index (κ1) is 19.2. The standard InChI is InChI=1S/C18H19N7O3S/c26-18(21-15-3-5-16(6-4-15)25-13-20-22-23-25)14-7-10-24(11-8-14)29(27,28)17-2-1-9-19-12-17/h1-6,9,12-14H,7-8,10-11H2,(H,21,26). The van der Waals surface area contributed by atoms with Crippen molar-refractivity contribution in [1.29, 1.82) is 0 Å². The SMILES string of the molecule is O=C(Nc1ccc(-n2cnnn2)cc1)C1CCN(S(=O)(=O)c2cccnc2)CC1. The van der Waals surface area contributed by atoms with E-state index in [4.69, 9.17) is 0 Å². The normalized spacial score (nSPS) is 15.9. The van der Waals surface area contributed by atoms with E-state index in [-0.39, 0.29) is 16.7 Å². The van der Waals surface area contributed by atoms with Crippen LogP contribution in [-0.2, 0) is 14.8 Å². The average molecular weight is 413 g/mol. The molecular weight excluding hydrogens is 394 g/mol. The van der Waals surface area contributed by atoms with Gasteiger partial charge in [-0.05, 0) is 59.7 Å². The number of benzene rings is 1. The van der Waals surface area contributed by atoms with Gasteiger partial charge in [0.2, 0.25) is 15.9 Å². The minimum atomic E-state index is -3.58. The van der Waals surface area contributed by atoms with E-state index in [0.717, 1.165) is 5.69 Å². The van der Waals surface area contributed by atoms with Gasteiger partial charge in [0.25, 0.3) is 0 Å². The number of hydrogen-bond acceptors (Lipinski definition) is 7. The van der Waals surface area contributed by atoms with Crippen LogP contribution in [0.1, 0.15) is 12.8 Å².